The standard InChI is InChI=1S/C8H7N2S/c1-10-6-7(5-9-10)8-3-2-4-11-8/h2-4,6H,1H3. The highest BCUT2D eigenvalue weighted by Gasteiger charge is 1.99. The monoisotopic (exact) mass is 163 g/mol. The predicted octanol–water partition coefficient (Wildman–Crippen LogP) is 1.95. The third-order valence-corrected chi connectivity index (χ3v) is 2.33. The second-order valence-corrected chi connectivity index (χ2v) is 3.25. The quantitative estimate of drug-likeness (QED) is 0.628. The van der Waals surface area contributed by atoms with Gasteiger partial charge in [-0.2, -0.15) is 5.10 Å². The van der Waals surface area contributed by atoms with Gasteiger partial charge in [-0.15, -0.1) is 11.3 Å². The van der Waals surface area contributed by atoms with Crippen molar-refractivity contribution < 1.29 is 0 Å². The van der Waals surface area contributed by atoms with Gasteiger partial charge in [-0.05, 0) is 11.4 Å². The molecule has 2 nitrogen and oxygen atoms in total. The number of thiophene rings is 1. The van der Waals surface area contributed by atoms with E-state index in [1.807, 2.05) is 19.3 Å². The third kappa shape index (κ3) is 1.19. The SMILES string of the molecule is Cn1cc(-c2cccs2)[c]n1. The highest BCUT2D eigenvalue weighted by atomic mass is 32.1. The van der Waals surface area contributed by atoms with Gasteiger partial charge in [-0.25, -0.2) is 0 Å². The molecule has 55 valence electrons. The van der Waals surface area contributed by atoms with E-state index in [1.165, 1.54) is 4.88 Å². The average molecular weight is 163 g/mol. The zero-order valence-electron chi connectivity index (χ0n) is 6.11. The van der Waals surface area contributed by atoms with Crippen LogP contribution in [0.4, 0.5) is 0 Å². The number of aromatic nitrogens is 2. The van der Waals surface area contributed by atoms with Crippen LogP contribution < -0.4 is 0 Å². The van der Waals surface area contributed by atoms with Crippen LogP contribution in [0.15, 0.2) is 23.7 Å². The van der Waals surface area contributed by atoms with Gasteiger partial charge in [0.1, 0.15) is 6.20 Å². The first-order valence-corrected chi connectivity index (χ1v) is 4.19. The number of hydrogen-bond acceptors (Lipinski definition) is 2. The molecule has 0 saturated heterocycles. The van der Waals surface area contributed by atoms with Gasteiger partial charge in [-0.1, -0.05) is 6.07 Å². The predicted molar refractivity (Wildman–Crippen MR) is 45.4 cm³/mol. The van der Waals surface area contributed by atoms with Crippen LogP contribution in [0.25, 0.3) is 10.4 Å². The Labute approximate surface area is 69.1 Å². The highest BCUT2D eigenvalue weighted by molar-refractivity contribution is 7.13. The molecule has 2 heterocycles. The van der Waals surface area contributed by atoms with Gasteiger partial charge >= 0.3 is 0 Å². The molecule has 0 fully saturated rings. The van der Waals surface area contributed by atoms with Crippen LogP contribution in [0.2, 0.25) is 0 Å². The first-order valence-electron chi connectivity index (χ1n) is 3.31. The molecule has 0 spiro atoms. The van der Waals surface area contributed by atoms with Crippen molar-refractivity contribution in [2.24, 2.45) is 7.05 Å². The summed E-state index contributed by atoms with van der Waals surface area (Å²) in [5, 5.41) is 6.02. The van der Waals surface area contributed by atoms with E-state index in [9.17, 15) is 0 Å². The van der Waals surface area contributed by atoms with Crippen LogP contribution in [-0.2, 0) is 7.05 Å². The van der Waals surface area contributed by atoms with E-state index < -0.39 is 0 Å². The van der Waals surface area contributed by atoms with E-state index in [4.69, 9.17) is 0 Å². The van der Waals surface area contributed by atoms with Gasteiger partial charge in [0.05, 0.1) is 0 Å². The van der Waals surface area contributed by atoms with Crippen molar-refractivity contribution >= 4 is 11.3 Å². The van der Waals surface area contributed by atoms with Crippen LogP contribution in [0.5, 0.6) is 0 Å². The summed E-state index contributed by atoms with van der Waals surface area (Å²) in [5.74, 6) is 0. The molecule has 0 aromatic carbocycles. The van der Waals surface area contributed by atoms with E-state index in [2.05, 4.69) is 22.7 Å². The number of nitrogens with zero attached hydrogens (tertiary/aromatic N) is 2. The molecular weight excluding hydrogens is 156 g/mol. The summed E-state index contributed by atoms with van der Waals surface area (Å²) < 4.78 is 1.76. The van der Waals surface area contributed by atoms with Crippen molar-refractivity contribution in [3.63, 3.8) is 0 Å². The summed E-state index contributed by atoms with van der Waals surface area (Å²) in [6.07, 6.45) is 4.90. The fourth-order valence-electron chi connectivity index (χ4n) is 0.928. The Morgan fingerprint density at radius 3 is 3.09 bits per heavy atom. The molecule has 2 aromatic heterocycles. The van der Waals surface area contributed by atoms with Gasteiger partial charge in [0.25, 0.3) is 0 Å². The minimum Gasteiger partial charge on any atom is -0.274 e. The molecule has 2 rings (SSSR count). The molecule has 2 aromatic rings. The number of hydrogen-bond donors (Lipinski definition) is 0. The van der Waals surface area contributed by atoms with Crippen LogP contribution in [0, 0.1) is 6.20 Å². The van der Waals surface area contributed by atoms with Crippen LogP contribution in [0.1, 0.15) is 0 Å². The largest absolute Gasteiger partial charge is 0.274 e. The molecule has 0 saturated carbocycles. The van der Waals surface area contributed by atoms with Gasteiger partial charge in [-0.3, -0.25) is 4.68 Å². The molecule has 11 heavy (non-hydrogen) atoms. The molecule has 0 bridgehead atoms. The van der Waals surface area contributed by atoms with Gasteiger partial charge in [0.15, 0.2) is 0 Å². The first kappa shape index (κ1) is 6.61. The highest BCUT2D eigenvalue weighted by Crippen LogP contribution is 2.22. The lowest BCUT2D eigenvalue weighted by Gasteiger charge is -1.85. The molecule has 0 atom stereocenters. The van der Waals surface area contributed by atoms with Crippen LogP contribution in [-0.4, -0.2) is 9.78 Å². The maximum Gasteiger partial charge on any atom is 0.122 e. The van der Waals surface area contributed by atoms with Crippen molar-refractivity contribution in [2.45, 2.75) is 0 Å². The Hall–Kier alpha value is -1.09. The molecule has 3 heteroatoms. The molecule has 0 amide bonds. The Morgan fingerprint density at radius 2 is 2.55 bits per heavy atom. The Kier molecular flexibility index (Phi) is 1.51. The van der Waals surface area contributed by atoms with E-state index in [0.717, 1.165) is 5.56 Å². The summed E-state index contributed by atoms with van der Waals surface area (Å²) >= 11 is 1.70. The molecule has 1 radical (unpaired) electrons. The Bertz CT molecular complexity index is 335. The summed E-state index contributed by atoms with van der Waals surface area (Å²) in [6.45, 7) is 0. The van der Waals surface area contributed by atoms with Crippen molar-refractivity contribution in [1.29, 1.82) is 0 Å². The lowest BCUT2D eigenvalue weighted by molar-refractivity contribution is 0.765. The van der Waals surface area contributed by atoms with Crippen molar-refractivity contribution in [1.82, 2.24) is 9.78 Å². The summed E-state index contributed by atoms with van der Waals surface area (Å²) in [4.78, 5) is 1.22. The minimum absolute atomic E-state index is 1.07. The van der Waals surface area contributed by atoms with Crippen molar-refractivity contribution in [3.8, 4) is 10.4 Å². The Morgan fingerprint density at radius 1 is 1.64 bits per heavy atom. The van der Waals surface area contributed by atoms with Gasteiger partial charge in [0.2, 0.25) is 0 Å². The van der Waals surface area contributed by atoms with E-state index in [-0.39, 0.29) is 0 Å². The number of aryl methyl sites for hydroxylation is 1. The van der Waals surface area contributed by atoms with Crippen LogP contribution in [0.3, 0.4) is 0 Å². The minimum atomic E-state index is 1.07. The molecule has 0 aliphatic rings. The summed E-state index contributed by atoms with van der Waals surface area (Å²) in [6, 6.07) is 4.10. The molecular formula is C8H7N2S. The van der Waals surface area contributed by atoms with Crippen molar-refractivity contribution in [2.75, 3.05) is 0 Å². The second-order valence-electron chi connectivity index (χ2n) is 2.31. The van der Waals surface area contributed by atoms with Gasteiger partial charge < -0.3 is 0 Å². The Balaban J connectivity index is 2.45. The summed E-state index contributed by atoms with van der Waals surface area (Å²) in [7, 11) is 1.90. The van der Waals surface area contributed by atoms with Crippen LogP contribution >= 0.6 is 11.3 Å². The van der Waals surface area contributed by atoms with Crippen molar-refractivity contribution in [3.05, 3.63) is 29.9 Å². The second kappa shape index (κ2) is 2.51. The maximum atomic E-state index is 3.97. The lowest BCUT2D eigenvalue weighted by atomic mass is 10.3. The van der Waals surface area contributed by atoms with E-state index >= 15 is 0 Å². The summed E-state index contributed by atoms with van der Waals surface area (Å²) in [5.41, 5.74) is 1.07. The lowest BCUT2D eigenvalue weighted by Crippen LogP contribution is -1.83. The van der Waals surface area contributed by atoms with E-state index in [1.54, 1.807) is 16.0 Å². The van der Waals surface area contributed by atoms with Gasteiger partial charge in [0, 0.05) is 23.7 Å². The molecule has 0 aliphatic heterocycles. The normalized spacial score (nSPS) is 10.3. The molecule has 0 N–H and O–H groups in total. The molecule has 0 aliphatic carbocycles. The first-order chi connectivity index (χ1) is 5.36. The fraction of sp³-hybridized carbons (Fsp3) is 0.125. The zero-order chi connectivity index (χ0) is 7.68. The smallest absolute Gasteiger partial charge is 0.122 e. The average Bonchev–Trinajstić information content (AvgIpc) is 2.55. The molecule has 0 unspecified atom stereocenters. The maximum absolute atomic E-state index is 3.97. The topological polar surface area (TPSA) is 17.8 Å². The zero-order valence-corrected chi connectivity index (χ0v) is 6.93. The number of rotatable bonds is 1. The van der Waals surface area contributed by atoms with E-state index in [0.29, 0.717) is 0 Å². The third-order valence-electron chi connectivity index (χ3n) is 1.43. The fourth-order valence-corrected chi connectivity index (χ4v) is 1.61.